The number of rotatable bonds is 4. The minimum atomic E-state index is -2.68. The Morgan fingerprint density at radius 1 is 1.29 bits per heavy atom. The van der Waals surface area contributed by atoms with Crippen molar-refractivity contribution < 1.29 is 18.0 Å². The number of urea groups is 1. The number of amides is 2. The quantitative estimate of drug-likeness (QED) is 0.685. The van der Waals surface area contributed by atoms with Gasteiger partial charge in [0.05, 0.1) is 12.2 Å². The Kier molecular flexibility index (Phi) is 5.73. The number of nitrogens with one attached hydrogen (secondary N) is 2. The number of anilines is 1. The van der Waals surface area contributed by atoms with Gasteiger partial charge >= 0.3 is 6.03 Å². The van der Waals surface area contributed by atoms with Crippen molar-refractivity contribution in [2.45, 2.75) is 18.5 Å². The fraction of sp³-hybridized carbons (Fsp3) is 0.158. The van der Waals surface area contributed by atoms with E-state index in [1.54, 1.807) is 6.07 Å². The Morgan fingerprint density at radius 2 is 2.07 bits per heavy atom. The van der Waals surface area contributed by atoms with E-state index < -0.39 is 29.4 Å². The Labute approximate surface area is 166 Å². The van der Waals surface area contributed by atoms with Crippen molar-refractivity contribution in [3.05, 3.63) is 87.0 Å². The van der Waals surface area contributed by atoms with Crippen molar-refractivity contribution in [2.75, 3.05) is 5.32 Å². The molecule has 0 bridgehead atoms. The summed E-state index contributed by atoms with van der Waals surface area (Å²) in [6.07, 6.45) is 3.84. The van der Waals surface area contributed by atoms with Crippen molar-refractivity contribution in [2.24, 2.45) is 0 Å². The van der Waals surface area contributed by atoms with E-state index >= 15 is 0 Å². The zero-order chi connectivity index (χ0) is 20.3. The normalized spacial score (nSPS) is 20.8. The second-order valence-electron chi connectivity index (χ2n) is 6.10. The van der Waals surface area contributed by atoms with Gasteiger partial charge in [-0.3, -0.25) is 10.1 Å². The van der Waals surface area contributed by atoms with Gasteiger partial charge in [-0.25, -0.2) is 18.0 Å². The van der Waals surface area contributed by atoms with E-state index in [4.69, 9.17) is 0 Å². The van der Waals surface area contributed by atoms with Crippen LogP contribution >= 0.6 is 15.9 Å². The van der Waals surface area contributed by atoms with Crippen molar-refractivity contribution in [1.82, 2.24) is 9.88 Å². The molecule has 0 fully saturated rings. The second kappa shape index (κ2) is 8.05. The molecule has 2 atom stereocenters. The van der Waals surface area contributed by atoms with E-state index in [0.29, 0.717) is 5.56 Å². The number of halogens is 4. The second-order valence-corrected chi connectivity index (χ2v) is 6.89. The lowest BCUT2D eigenvalue weighted by Gasteiger charge is -2.26. The lowest BCUT2D eigenvalue weighted by atomic mass is 10.0. The maximum Gasteiger partial charge on any atom is 0.322 e. The van der Waals surface area contributed by atoms with Gasteiger partial charge in [-0.05, 0) is 51.8 Å². The number of alkyl halides is 2. The fourth-order valence-electron chi connectivity index (χ4n) is 2.63. The van der Waals surface area contributed by atoms with E-state index in [9.17, 15) is 22.8 Å². The van der Waals surface area contributed by atoms with Crippen molar-refractivity contribution in [1.29, 1.82) is 0 Å². The van der Waals surface area contributed by atoms with Gasteiger partial charge in [0.1, 0.15) is 10.3 Å². The van der Waals surface area contributed by atoms with Crippen LogP contribution in [0.3, 0.4) is 0 Å². The van der Waals surface area contributed by atoms with Crippen LogP contribution in [0.1, 0.15) is 5.56 Å². The Balaban J connectivity index is 1.74. The molecular weight excluding hydrogens is 439 g/mol. The number of allylic oxidation sites excluding steroid dienone is 2. The first-order chi connectivity index (χ1) is 13.3. The molecule has 1 aliphatic carbocycles. The minimum absolute atomic E-state index is 0.0188. The highest BCUT2D eigenvalue weighted by atomic mass is 79.9. The summed E-state index contributed by atoms with van der Waals surface area (Å²) in [6, 6.07) is 6.20. The Hall–Kier alpha value is -2.81. The van der Waals surface area contributed by atoms with Gasteiger partial charge in [0.25, 0.3) is 5.56 Å². The molecule has 9 heteroatoms. The zero-order valence-electron chi connectivity index (χ0n) is 14.3. The molecule has 2 aromatic rings. The molecule has 2 unspecified atom stereocenters. The molecule has 0 radical (unpaired) electrons. The number of benzene rings is 1. The Morgan fingerprint density at radius 3 is 2.79 bits per heavy atom. The average molecular weight is 454 g/mol. The van der Waals surface area contributed by atoms with Crippen LogP contribution in [-0.4, -0.2) is 22.6 Å². The molecule has 146 valence electrons. The molecule has 3 rings (SSSR count). The van der Waals surface area contributed by atoms with Gasteiger partial charge in [0, 0.05) is 6.20 Å². The summed E-state index contributed by atoms with van der Waals surface area (Å²) in [6.45, 7) is 0.121. The van der Waals surface area contributed by atoms with E-state index in [1.807, 2.05) is 5.32 Å². The molecule has 0 saturated heterocycles. The SMILES string of the molecule is O=C(Nc1ccn(Cc2cccc(F)c2)c(=O)c1Br)NC1(F)C=CC=CC1F. The monoisotopic (exact) mass is 453 g/mol. The van der Waals surface area contributed by atoms with E-state index in [0.717, 1.165) is 12.2 Å². The van der Waals surface area contributed by atoms with Gasteiger partial charge < -0.3 is 9.88 Å². The molecule has 1 aliphatic rings. The summed E-state index contributed by atoms with van der Waals surface area (Å²) in [5.74, 6) is -3.10. The number of hydrogen-bond donors (Lipinski definition) is 2. The van der Waals surface area contributed by atoms with Gasteiger partial charge in [0.15, 0.2) is 6.17 Å². The molecule has 0 aliphatic heterocycles. The van der Waals surface area contributed by atoms with Crippen LogP contribution in [0.5, 0.6) is 0 Å². The van der Waals surface area contributed by atoms with Crippen LogP contribution < -0.4 is 16.2 Å². The van der Waals surface area contributed by atoms with Gasteiger partial charge in [0.2, 0.25) is 5.79 Å². The largest absolute Gasteiger partial charge is 0.322 e. The predicted molar refractivity (Wildman–Crippen MR) is 103 cm³/mol. The third-order valence-electron chi connectivity index (χ3n) is 4.03. The molecule has 2 amide bonds. The van der Waals surface area contributed by atoms with Crippen LogP contribution in [0, 0.1) is 5.82 Å². The molecule has 2 N–H and O–H groups in total. The third kappa shape index (κ3) is 4.36. The third-order valence-corrected chi connectivity index (χ3v) is 4.80. The lowest BCUT2D eigenvalue weighted by Crippen LogP contribution is -2.51. The van der Waals surface area contributed by atoms with Crippen LogP contribution in [0.15, 0.2) is 70.1 Å². The molecule has 28 heavy (non-hydrogen) atoms. The predicted octanol–water partition coefficient (Wildman–Crippen LogP) is 4.05. The fourth-order valence-corrected chi connectivity index (χ4v) is 3.09. The molecule has 1 aromatic carbocycles. The zero-order valence-corrected chi connectivity index (χ0v) is 15.9. The first kappa shape index (κ1) is 19.9. The summed E-state index contributed by atoms with van der Waals surface area (Å²) in [4.78, 5) is 24.5. The number of nitrogens with zero attached hydrogens (tertiary/aromatic N) is 1. The number of hydrogen-bond acceptors (Lipinski definition) is 2. The summed E-state index contributed by atoms with van der Waals surface area (Å²) in [5.41, 5.74) is 0.172. The van der Waals surface area contributed by atoms with E-state index in [2.05, 4.69) is 21.2 Å². The average Bonchev–Trinajstić information content (AvgIpc) is 2.64. The van der Waals surface area contributed by atoms with Crippen molar-refractivity contribution >= 4 is 27.6 Å². The van der Waals surface area contributed by atoms with Crippen LogP contribution in [0.2, 0.25) is 0 Å². The first-order valence-electron chi connectivity index (χ1n) is 8.20. The lowest BCUT2D eigenvalue weighted by molar-refractivity contribution is 0.0987. The molecular formula is C19H15BrF3N3O2. The Bertz CT molecular complexity index is 1020. The highest BCUT2D eigenvalue weighted by molar-refractivity contribution is 9.10. The molecule has 1 heterocycles. The smallest absolute Gasteiger partial charge is 0.310 e. The maximum atomic E-state index is 14.4. The maximum absolute atomic E-state index is 14.4. The highest BCUT2D eigenvalue weighted by Crippen LogP contribution is 2.24. The number of pyridine rings is 1. The molecule has 1 aromatic heterocycles. The number of aromatic nitrogens is 1. The van der Waals surface area contributed by atoms with Gasteiger partial charge in [-0.2, -0.15) is 0 Å². The highest BCUT2D eigenvalue weighted by Gasteiger charge is 2.38. The standard InChI is InChI=1S/C19H15BrF3N3O2/c20-16-14(24-18(28)25-19(23)8-2-1-6-15(19)22)7-9-26(17(16)27)11-12-4-3-5-13(21)10-12/h1-10,15H,11H2,(H2,24,25,28). The summed E-state index contributed by atoms with van der Waals surface area (Å²) in [7, 11) is 0. The minimum Gasteiger partial charge on any atom is -0.310 e. The molecule has 0 saturated carbocycles. The van der Waals surface area contributed by atoms with Gasteiger partial charge in [-0.1, -0.05) is 24.3 Å². The summed E-state index contributed by atoms with van der Waals surface area (Å²) in [5, 5.41) is 4.21. The van der Waals surface area contributed by atoms with Crippen molar-refractivity contribution in [3.8, 4) is 0 Å². The number of carbonyl (C=O) groups is 1. The number of carbonyl (C=O) groups excluding carboxylic acids is 1. The van der Waals surface area contributed by atoms with Gasteiger partial charge in [-0.15, -0.1) is 0 Å². The van der Waals surface area contributed by atoms with E-state index in [-0.39, 0.29) is 16.7 Å². The van der Waals surface area contributed by atoms with E-state index in [1.165, 1.54) is 47.2 Å². The van der Waals surface area contributed by atoms with Crippen molar-refractivity contribution in [3.63, 3.8) is 0 Å². The topological polar surface area (TPSA) is 63.1 Å². The van der Waals surface area contributed by atoms with Crippen LogP contribution in [0.4, 0.5) is 23.7 Å². The van der Waals surface area contributed by atoms with Crippen LogP contribution in [-0.2, 0) is 6.54 Å². The molecule has 0 spiro atoms. The van der Waals surface area contributed by atoms with Crippen LogP contribution in [0.25, 0.3) is 0 Å². The summed E-state index contributed by atoms with van der Waals surface area (Å²) >= 11 is 3.09. The molecule has 5 nitrogen and oxygen atoms in total. The first-order valence-corrected chi connectivity index (χ1v) is 8.99. The summed E-state index contributed by atoms with van der Waals surface area (Å²) < 4.78 is 42.8.